The van der Waals surface area contributed by atoms with Gasteiger partial charge in [-0.25, -0.2) is 4.79 Å². The molecule has 256 valence electrons. The van der Waals surface area contributed by atoms with E-state index in [1.165, 1.54) is 0 Å². The van der Waals surface area contributed by atoms with Crippen molar-refractivity contribution >= 4 is 28.5 Å². The minimum absolute atomic E-state index is 0.231. The van der Waals surface area contributed by atoms with Gasteiger partial charge in [-0.2, -0.15) is 0 Å². The number of carbonyl (C=O) groups excluding carboxylic acids is 1. The molecule has 0 saturated carbocycles. The van der Waals surface area contributed by atoms with Crippen LogP contribution in [0.5, 0.6) is 28.7 Å². The maximum Gasteiger partial charge on any atom is 0.330 e. The Morgan fingerprint density at radius 3 is 2.10 bits per heavy atom. The topological polar surface area (TPSA) is 87.7 Å². The molecule has 4 aromatic carbocycles. The number of hydrogen-bond donors (Lipinski definition) is 1. The first-order chi connectivity index (χ1) is 23.3. The molecule has 1 aliphatic rings. The Bertz CT molecular complexity index is 1660. The van der Waals surface area contributed by atoms with Gasteiger partial charge in [-0.1, -0.05) is 61.5 Å². The summed E-state index contributed by atoms with van der Waals surface area (Å²) in [6.07, 6.45) is 0.941. The number of nitrogens with zero attached hydrogens (tertiary/aromatic N) is 1. The number of benzene rings is 4. The molecule has 48 heavy (non-hydrogen) atoms. The van der Waals surface area contributed by atoms with Crippen LogP contribution in [0.1, 0.15) is 25.8 Å². The summed E-state index contributed by atoms with van der Waals surface area (Å²) in [6.45, 7) is 6.76. The number of para-hydroxylation sites is 1. The Kier molecular flexibility index (Phi) is 11.6. The van der Waals surface area contributed by atoms with E-state index in [1.807, 2.05) is 78.9 Å². The molecule has 0 radical (unpaired) electrons. The summed E-state index contributed by atoms with van der Waals surface area (Å²) in [5.74, 6) is 2.82. The van der Waals surface area contributed by atoms with Gasteiger partial charge in [-0.3, -0.25) is 4.90 Å². The lowest BCUT2D eigenvalue weighted by Crippen LogP contribution is -2.70. The van der Waals surface area contributed by atoms with E-state index in [0.29, 0.717) is 48.9 Å². The molecule has 2 atom stereocenters. The molecule has 0 spiro atoms. The zero-order valence-corrected chi connectivity index (χ0v) is 29.5. The van der Waals surface area contributed by atoms with E-state index in [9.17, 15) is 4.79 Å². The van der Waals surface area contributed by atoms with E-state index < -0.39 is 10.3 Å². The number of thioether (sulfide) groups is 1. The second kappa shape index (κ2) is 15.9. The van der Waals surface area contributed by atoms with Crippen LogP contribution in [-0.2, 0) is 16.0 Å². The monoisotopic (exact) mass is 674 g/mol. The van der Waals surface area contributed by atoms with E-state index in [0.717, 1.165) is 40.1 Å². The first-order valence-corrected chi connectivity index (χ1v) is 17.0. The Hall–Kier alpha value is -4.12. The van der Waals surface area contributed by atoms with Crippen molar-refractivity contribution in [1.82, 2.24) is 10.2 Å². The number of hydrogen-bond acceptors (Lipinski definition) is 10. The number of rotatable bonds is 15. The van der Waals surface area contributed by atoms with Crippen LogP contribution in [0.3, 0.4) is 0 Å². The lowest BCUT2D eigenvalue weighted by atomic mass is 9.76. The lowest BCUT2D eigenvalue weighted by Gasteiger charge is -2.53. The summed E-state index contributed by atoms with van der Waals surface area (Å²) in [5.41, 5.74) is -0.146. The third-order valence-corrected chi connectivity index (χ3v) is 10.8. The molecule has 1 N–H and O–H groups in total. The molecule has 0 bridgehead atoms. The highest BCUT2D eigenvalue weighted by Gasteiger charge is 2.59. The maximum atomic E-state index is 14.9. The number of nitrogens with one attached hydrogen (secondary N) is 1. The molecule has 1 fully saturated rings. The van der Waals surface area contributed by atoms with Crippen molar-refractivity contribution in [2.24, 2.45) is 0 Å². The van der Waals surface area contributed by atoms with Gasteiger partial charge in [0.2, 0.25) is 6.79 Å². The van der Waals surface area contributed by atoms with E-state index in [-0.39, 0.29) is 12.8 Å². The fraction of sp³-hybridized carbons (Fsp3) is 0.395. The molecule has 0 aliphatic carbocycles. The highest BCUT2D eigenvalue weighted by Crippen LogP contribution is 2.54. The van der Waals surface area contributed by atoms with E-state index in [1.54, 1.807) is 40.2 Å². The highest BCUT2D eigenvalue weighted by atomic mass is 32.2. The third kappa shape index (κ3) is 7.02. The van der Waals surface area contributed by atoms with Crippen LogP contribution < -0.4 is 29.0 Å². The van der Waals surface area contributed by atoms with Gasteiger partial charge in [0.05, 0.1) is 38.1 Å². The smallest absolute Gasteiger partial charge is 0.330 e. The molecular formula is C38H46N2O7S. The van der Waals surface area contributed by atoms with Crippen LogP contribution >= 0.6 is 11.8 Å². The SMILES string of the molecule is CCC(C(=O)OCOc1cccc2ccccc12)(N1CCNCC1)C(C)(Cc1ccccc1OC)Sc1c(OC)cc(OC)cc1OC. The van der Waals surface area contributed by atoms with E-state index in [2.05, 4.69) is 24.1 Å². The van der Waals surface area contributed by atoms with Crippen molar-refractivity contribution in [2.45, 2.75) is 41.9 Å². The van der Waals surface area contributed by atoms with Gasteiger partial charge in [-0.05, 0) is 42.8 Å². The van der Waals surface area contributed by atoms with Gasteiger partial charge >= 0.3 is 5.97 Å². The van der Waals surface area contributed by atoms with Crippen molar-refractivity contribution in [3.63, 3.8) is 0 Å². The third-order valence-electron chi connectivity index (χ3n) is 9.25. The van der Waals surface area contributed by atoms with Gasteiger partial charge in [0, 0.05) is 43.7 Å². The fourth-order valence-corrected chi connectivity index (χ4v) is 8.52. The molecule has 1 aliphatic heterocycles. The molecule has 2 unspecified atom stereocenters. The van der Waals surface area contributed by atoms with Crippen molar-refractivity contribution in [2.75, 3.05) is 61.4 Å². The van der Waals surface area contributed by atoms with Crippen LogP contribution in [0.2, 0.25) is 0 Å². The number of piperazine rings is 1. The predicted molar refractivity (Wildman–Crippen MR) is 190 cm³/mol. The maximum absolute atomic E-state index is 14.9. The minimum Gasteiger partial charge on any atom is -0.496 e. The number of ether oxygens (including phenoxy) is 6. The summed E-state index contributed by atoms with van der Waals surface area (Å²) < 4.78 is 34.7. The summed E-state index contributed by atoms with van der Waals surface area (Å²) in [6, 6.07) is 25.5. The summed E-state index contributed by atoms with van der Waals surface area (Å²) in [4.78, 5) is 18.0. The zero-order valence-electron chi connectivity index (χ0n) is 28.7. The standard InChI is InChI=1S/C38H46N2O7S/c1-7-38(40-21-19-39-20-22-40,36(41)47-26-46-32-18-12-15-27-13-8-10-16-30(27)32)37(2,25-28-14-9-11-17-31(28)43-4)48-35-33(44-5)23-29(42-3)24-34(35)45-6/h8-18,23-24,39H,7,19-22,25-26H2,1-6H3. The van der Waals surface area contributed by atoms with Crippen LogP contribution in [-0.4, -0.2) is 82.6 Å². The quantitative estimate of drug-likeness (QED) is 0.0846. The Balaban J connectivity index is 1.61. The number of fused-ring (bicyclic) bond motifs is 1. The summed E-state index contributed by atoms with van der Waals surface area (Å²) >= 11 is 1.55. The van der Waals surface area contributed by atoms with Crippen molar-refractivity contribution in [3.8, 4) is 28.7 Å². The van der Waals surface area contributed by atoms with Crippen LogP contribution in [0.25, 0.3) is 10.8 Å². The normalized spacial score (nSPS) is 16.0. The van der Waals surface area contributed by atoms with Gasteiger partial charge in [0.1, 0.15) is 34.3 Å². The van der Waals surface area contributed by atoms with Crippen LogP contribution in [0.4, 0.5) is 0 Å². The van der Waals surface area contributed by atoms with Gasteiger partial charge < -0.3 is 33.7 Å². The molecule has 0 amide bonds. The number of methoxy groups -OCH3 is 4. The predicted octanol–water partition coefficient (Wildman–Crippen LogP) is 6.60. The molecular weight excluding hydrogens is 628 g/mol. The molecule has 0 aromatic heterocycles. The van der Waals surface area contributed by atoms with Gasteiger partial charge in [0.15, 0.2) is 0 Å². The average Bonchev–Trinajstić information content (AvgIpc) is 3.12. The molecule has 4 aromatic rings. The first-order valence-electron chi connectivity index (χ1n) is 16.2. The van der Waals surface area contributed by atoms with Crippen molar-refractivity contribution < 1.29 is 33.2 Å². The Morgan fingerprint density at radius 2 is 1.44 bits per heavy atom. The number of carbonyl (C=O) groups is 1. The van der Waals surface area contributed by atoms with Gasteiger partial charge in [0.25, 0.3) is 0 Å². The zero-order chi connectivity index (χ0) is 34.1. The Morgan fingerprint density at radius 1 is 0.812 bits per heavy atom. The van der Waals surface area contributed by atoms with Crippen LogP contribution in [0, 0.1) is 0 Å². The summed E-state index contributed by atoms with van der Waals surface area (Å²) in [7, 11) is 6.52. The van der Waals surface area contributed by atoms with Gasteiger partial charge in [-0.15, -0.1) is 11.8 Å². The largest absolute Gasteiger partial charge is 0.496 e. The lowest BCUT2D eigenvalue weighted by molar-refractivity contribution is -0.169. The molecule has 1 heterocycles. The van der Waals surface area contributed by atoms with Crippen molar-refractivity contribution in [3.05, 3.63) is 84.4 Å². The average molecular weight is 675 g/mol. The van der Waals surface area contributed by atoms with E-state index >= 15 is 0 Å². The Labute approximate surface area is 287 Å². The second-order valence-corrected chi connectivity index (χ2v) is 13.3. The minimum atomic E-state index is -1.11. The second-order valence-electron chi connectivity index (χ2n) is 11.8. The highest BCUT2D eigenvalue weighted by molar-refractivity contribution is 8.01. The fourth-order valence-electron chi connectivity index (χ4n) is 6.83. The molecule has 9 nitrogen and oxygen atoms in total. The van der Waals surface area contributed by atoms with Crippen LogP contribution in [0.15, 0.2) is 83.8 Å². The summed E-state index contributed by atoms with van der Waals surface area (Å²) in [5, 5.41) is 5.45. The van der Waals surface area contributed by atoms with Crippen molar-refractivity contribution in [1.29, 1.82) is 0 Å². The van der Waals surface area contributed by atoms with E-state index in [4.69, 9.17) is 28.4 Å². The molecule has 5 rings (SSSR count). The molecule has 1 saturated heterocycles. The molecule has 10 heteroatoms. The first kappa shape index (κ1) is 35.2. The number of esters is 1.